The van der Waals surface area contributed by atoms with E-state index in [0.717, 1.165) is 85.4 Å². The molecule has 6 aromatic rings. The van der Waals surface area contributed by atoms with Gasteiger partial charge in [0.15, 0.2) is 5.71 Å². The van der Waals surface area contributed by atoms with Gasteiger partial charge in [0.05, 0.1) is 22.6 Å². The summed E-state index contributed by atoms with van der Waals surface area (Å²) in [7, 11) is -8.30. The van der Waals surface area contributed by atoms with Gasteiger partial charge in [-0.15, -0.1) is 0 Å². The molecule has 0 unspecified atom stereocenters. The molecule has 0 saturated carbocycles. The highest BCUT2D eigenvalue weighted by Crippen LogP contribution is 2.52. The average Bonchev–Trinajstić information content (AvgIpc) is 3.85. The molecule has 9 rings (SSSR count). The lowest BCUT2D eigenvalue weighted by Crippen LogP contribution is -2.28. The maximum Gasteiger partial charge on any atom is 0.265 e. The zero-order chi connectivity index (χ0) is 46.4. The maximum atomic E-state index is 11.9. The summed E-state index contributed by atoms with van der Waals surface area (Å²) in [6.45, 7) is 9.74. The van der Waals surface area contributed by atoms with Crippen molar-refractivity contribution in [3.05, 3.63) is 191 Å². The van der Waals surface area contributed by atoms with Crippen molar-refractivity contribution in [2.24, 2.45) is 0 Å². The maximum absolute atomic E-state index is 11.9. The lowest BCUT2D eigenvalue weighted by Gasteiger charge is -2.29. The number of allylic oxidation sites excluding steroid dienone is 7. The number of hydrogen-bond donors (Lipinski definition) is 2. The van der Waals surface area contributed by atoms with Crippen molar-refractivity contribution in [1.29, 1.82) is 0 Å². The normalized spacial score (nSPS) is 18.1. The third-order valence-electron chi connectivity index (χ3n) is 13.5. The Kier molecular flexibility index (Phi) is 12.0. The molecule has 338 valence electrons. The molecule has 3 aliphatic rings. The lowest BCUT2D eigenvalue weighted by atomic mass is 9.79. The predicted octanol–water partition coefficient (Wildman–Crippen LogP) is 12.0. The molecular formula is C55H56N3O6S2+. The molecule has 1 aliphatic carbocycles. The fourth-order valence-electron chi connectivity index (χ4n) is 10.6. The van der Waals surface area contributed by atoms with Gasteiger partial charge < -0.3 is 9.80 Å². The Balaban J connectivity index is 1.21. The topological polar surface area (TPSA) is 118 Å². The SMILES string of the molecule is CC1(C)C(=CC=C2CCC(C=CC3=[N+](CCCS(=O)(=O)O)c4ccc5ccccc5c4C3(C)C)=C2N(c2ccccc2)c2ccccc2)N(CCCS(=O)(=O)O)c2ccc3ccccc3c21. The number of anilines is 3. The smallest absolute Gasteiger partial charge is 0.265 e. The number of rotatable bonds is 14. The average molecular weight is 919 g/mol. The monoisotopic (exact) mass is 918 g/mol. The van der Waals surface area contributed by atoms with Crippen LogP contribution in [0.4, 0.5) is 22.7 Å². The summed E-state index contributed by atoms with van der Waals surface area (Å²) in [5.41, 5.74) is 11.0. The summed E-state index contributed by atoms with van der Waals surface area (Å²) in [5.74, 6) is -0.663. The zero-order valence-electron chi connectivity index (χ0n) is 37.9. The van der Waals surface area contributed by atoms with Crippen LogP contribution in [0.15, 0.2) is 180 Å². The summed E-state index contributed by atoms with van der Waals surface area (Å²) in [6.07, 6.45) is 10.9. The Morgan fingerprint density at radius 2 is 1.18 bits per heavy atom. The molecular weight excluding hydrogens is 863 g/mol. The van der Waals surface area contributed by atoms with Gasteiger partial charge in [-0.2, -0.15) is 21.4 Å². The van der Waals surface area contributed by atoms with E-state index in [1.807, 2.05) is 24.3 Å². The Bertz CT molecular complexity index is 3220. The van der Waals surface area contributed by atoms with Crippen LogP contribution in [0, 0.1) is 0 Å². The molecule has 0 amide bonds. The highest BCUT2D eigenvalue weighted by Gasteiger charge is 2.46. The number of fused-ring (bicyclic) bond motifs is 6. The van der Waals surface area contributed by atoms with Crippen molar-refractivity contribution in [3.63, 3.8) is 0 Å². The van der Waals surface area contributed by atoms with Crippen molar-refractivity contribution in [3.8, 4) is 0 Å². The van der Waals surface area contributed by atoms with Crippen LogP contribution in [0.5, 0.6) is 0 Å². The molecule has 66 heavy (non-hydrogen) atoms. The van der Waals surface area contributed by atoms with E-state index in [0.29, 0.717) is 13.1 Å². The van der Waals surface area contributed by atoms with Crippen molar-refractivity contribution in [2.45, 2.75) is 64.2 Å². The van der Waals surface area contributed by atoms with Gasteiger partial charge in [-0.3, -0.25) is 9.11 Å². The molecule has 2 N–H and O–H groups in total. The molecule has 6 aromatic carbocycles. The quantitative estimate of drug-likeness (QED) is 0.0819. The zero-order valence-corrected chi connectivity index (χ0v) is 39.5. The van der Waals surface area contributed by atoms with E-state index in [4.69, 9.17) is 0 Å². The van der Waals surface area contributed by atoms with Crippen molar-refractivity contribution >= 4 is 70.2 Å². The number of hydrogen-bond acceptors (Lipinski definition) is 6. The van der Waals surface area contributed by atoms with E-state index < -0.39 is 31.1 Å². The van der Waals surface area contributed by atoms with Crippen LogP contribution in [0.25, 0.3) is 21.5 Å². The Morgan fingerprint density at radius 3 is 1.80 bits per heavy atom. The summed E-state index contributed by atoms with van der Waals surface area (Å²) in [5, 5.41) is 4.58. The summed E-state index contributed by atoms with van der Waals surface area (Å²) in [6, 6.07) is 46.0. The Hall–Kier alpha value is -6.11. The highest BCUT2D eigenvalue weighted by atomic mass is 32.2. The van der Waals surface area contributed by atoms with Gasteiger partial charge in [0.2, 0.25) is 5.69 Å². The molecule has 0 bridgehead atoms. The summed E-state index contributed by atoms with van der Waals surface area (Å²) >= 11 is 0. The van der Waals surface area contributed by atoms with Crippen molar-refractivity contribution in [2.75, 3.05) is 34.4 Å². The molecule has 9 nitrogen and oxygen atoms in total. The number of benzene rings is 6. The molecule has 2 heterocycles. The van der Waals surface area contributed by atoms with Gasteiger partial charge in [0.1, 0.15) is 6.54 Å². The van der Waals surface area contributed by atoms with Crippen molar-refractivity contribution in [1.82, 2.24) is 0 Å². The Morgan fingerprint density at radius 1 is 0.621 bits per heavy atom. The second-order valence-electron chi connectivity index (χ2n) is 18.5. The molecule has 0 radical (unpaired) electrons. The largest absolute Gasteiger partial charge is 0.344 e. The minimum Gasteiger partial charge on any atom is -0.344 e. The summed E-state index contributed by atoms with van der Waals surface area (Å²) < 4.78 is 69.5. The van der Waals surface area contributed by atoms with Gasteiger partial charge in [-0.25, -0.2) is 0 Å². The minimum atomic E-state index is -4.15. The highest BCUT2D eigenvalue weighted by molar-refractivity contribution is 7.86. The first kappa shape index (κ1) is 45.1. The van der Waals surface area contributed by atoms with Crippen LogP contribution in [0.1, 0.15) is 64.5 Å². The molecule has 0 spiro atoms. The van der Waals surface area contributed by atoms with E-state index in [9.17, 15) is 25.9 Å². The van der Waals surface area contributed by atoms with Crippen molar-refractivity contribution < 1.29 is 30.5 Å². The molecule has 0 atom stereocenters. The van der Waals surface area contributed by atoms with Crippen LogP contribution in [0.2, 0.25) is 0 Å². The van der Waals surface area contributed by atoms with Gasteiger partial charge in [0, 0.05) is 58.8 Å². The van der Waals surface area contributed by atoms with Gasteiger partial charge in [0.25, 0.3) is 20.2 Å². The van der Waals surface area contributed by atoms with Crippen LogP contribution >= 0.6 is 0 Å². The minimum absolute atomic E-state index is 0.257. The second kappa shape index (κ2) is 17.6. The van der Waals surface area contributed by atoms with E-state index >= 15 is 0 Å². The predicted molar refractivity (Wildman–Crippen MR) is 270 cm³/mol. The van der Waals surface area contributed by atoms with E-state index in [-0.39, 0.29) is 24.3 Å². The van der Waals surface area contributed by atoms with Crippen LogP contribution in [0.3, 0.4) is 0 Å². The van der Waals surface area contributed by atoms with E-state index in [1.54, 1.807) is 0 Å². The van der Waals surface area contributed by atoms with Crippen LogP contribution in [-0.4, -0.2) is 60.8 Å². The molecule has 0 fully saturated rings. The molecule has 0 aromatic heterocycles. The number of para-hydroxylation sites is 2. The first-order valence-corrected chi connectivity index (χ1v) is 25.9. The van der Waals surface area contributed by atoms with E-state index in [2.05, 4.69) is 176 Å². The van der Waals surface area contributed by atoms with Crippen LogP contribution < -0.4 is 9.80 Å². The molecule has 11 heteroatoms. The van der Waals surface area contributed by atoms with Gasteiger partial charge in [-0.05, 0) is 114 Å². The Labute approximate surface area is 388 Å². The summed E-state index contributed by atoms with van der Waals surface area (Å²) in [4.78, 5) is 4.56. The fourth-order valence-corrected chi connectivity index (χ4v) is 11.6. The lowest BCUT2D eigenvalue weighted by molar-refractivity contribution is -0.437. The number of nitrogens with zero attached hydrogens (tertiary/aromatic N) is 3. The van der Waals surface area contributed by atoms with E-state index in [1.165, 1.54) is 11.1 Å². The standard InChI is InChI=1S/C55H55N3O6S2/c1-54(2)49(56(35-15-37-65(59,60)61)47-31-27-39-17-11-13-23-45(39)51(47)54)33-29-41-25-26-42(53(41)58(43-19-7-5-8-20-43)44-21-9-6-10-22-44)30-34-50-55(3,4)52-46-24-14-12-18-40(46)28-32-48(52)57(50)36-16-38-66(62,63)64/h5-14,17-24,27-34H,15-16,25-26,35-38H2,1-4H3,(H-,59,60,61,62,63,64)/p+1. The molecule has 0 saturated heterocycles. The third-order valence-corrected chi connectivity index (χ3v) is 15.1. The second-order valence-corrected chi connectivity index (χ2v) is 21.7. The molecule has 2 aliphatic heterocycles. The fraction of sp³-hybridized carbons (Fsp3) is 0.255. The van der Waals surface area contributed by atoms with Gasteiger partial charge in [-0.1, -0.05) is 117 Å². The first-order valence-electron chi connectivity index (χ1n) is 22.6. The van der Waals surface area contributed by atoms with Crippen LogP contribution in [-0.2, 0) is 31.1 Å². The van der Waals surface area contributed by atoms with Gasteiger partial charge >= 0.3 is 0 Å². The third kappa shape index (κ3) is 8.68. The first-order chi connectivity index (χ1) is 31.5.